The largest absolute Gasteiger partial charge is 0.507 e. The molecule has 1 fully saturated rings. The second-order valence-corrected chi connectivity index (χ2v) is 4.49. The van der Waals surface area contributed by atoms with Crippen molar-refractivity contribution < 1.29 is 14.6 Å². The van der Waals surface area contributed by atoms with E-state index in [0.29, 0.717) is 11.6 Å². The van der Waals surface area contributed by atoms with Crippen molar-refractivity contribution in [3.8, 4) is 5.75 Å². The Morgan fingerprint density at radius 1 is 1.53 bits per heavy atom. The topological polar surface area (TPSA) is 58.6 Å². The summed E-state index contributed by atoms with van der Waals surface area (Å²) in [5.74, 6) is -0.401. The second kappa shape index (κ2) is 5.38. The van der Waals surface area contributed by atoms with Crippen LogP contribution in [0.1, 0.15) is 23.2 Å². The summed E-state index contributed by atoms with van der Waals surface area (Å²) in [6.07, 6.45) is 1.84. The molecule has 1 aliphatic rings. The minimum Gasteiger partial charge on any atom is -0.507 e. The molecule has 1 aromatic rings. The molecule has 2 rings (SSSR count). The SMILES string of the molecule is O=C(NC1CCCOC1)c1ccc(Cl)cc1O. The van der Waals surface area contributed by atoms with Gasteiger partial charge in [0.2, 0.25) is 0 Å². The molecule has 0 radical (unpaired) electrons. The lowest BCUT2D eigenvalue weighted by atomic mass is 10.1. The van der Waals surface area contributed by atoms with Crippen LogP contribution in [-0.4, -0.2) is 30.3 Å². The van der Waals surface area contributed by atoms with Crippen molar-refractivity contribution >= 4 is 17.5 Å². The molecule has 1 saturated heterocycles. The summed E-state index contributed by atoms with van der Waals surface area (Å²) >= 11 is 5.70. The fourth-order valence-corrected chi connectivity index (χ4v) is 1.98. The van der Waals surface area contributed by atoms with Crippen LogP contribution in [-0.2, 0) is 4.74 Å². The summed E-state index contributed by atoms with van der Waals surface area (Å²) in [6.45, 7) is 1.28. The van der Waals surface area contributed by atoms with E-state index in [1.54, 1.807) is 6.07 Å². The van der Waals surface area contributed by atoms with Crippen molar-refractivity contribution in [3.05, 3.63) is 28.8 Å². The maximum absolute atomic E-state index is 11.9. The molecule has 0 spiro atoms. The summed E-state index contributed by atoms with van der Waals surface area (Å²) < 4.78 is 5.27. The smallest absolute Gasteiger partial charge is 0.255 e. The van der Waals surface area contributed by atoms with E-state index >= 15 is 0 Å². The standard InChI is InChI=1S/C12H14ClNO3/c13-8-3-4-10(11(15)6-8)12(16)14-9-2-1-5-17-7-9/h3-4,6,9,15H,1-2,5,7H2,(H,14,16). The van der Waals surface area contributed by atoms with Crippen LogP contribution in [0, 0.1) is 0 Å². The number of amides is 1. The number of aromatic hydroxyl groups is 1. The number of benzene rings is 1. The number of ether oxygens (including phenoxy) is 1. The van der Waals surface area contributed by atoms with Crippen molar-refractivity contribution in [2.24, 2.45) is 0 Å². The fourth-order valence-electron chi connectivity index (χ4n) is 1.81. The molecule has 4 nitrogen and oxygen atoms in total. The maximum Gasteiger partial charge on any atom is 0.255 e. The number of phenolic OH excluding ortho intramolecular Hbond substituents is 1. The average Bonchev–Trinajstić information content (AvgIpc) is 2.30. The zero-order valence-electron chi connectivity index (χ0n) is 9.28. The van der Waals surface area contributed by atoms with Crippen molar-refractivity contribution in [2.75, 3.05) is 13.2 Å². The van der Waals surface area contributed by atoms with Crippen molar-refractivity contribution in [1.29, 1.82) is 0 Å². The van der Waals surface area contributed by atoms with Crippen LogP contribution in [0.15, 0.2) is 18.2 Å². The van der Waals surface area contributed by atoms with E-state index in [-0.39, 0.29) is 23.3 Å². The van der Waals surface area contributed by atoms with Gasteiger partial charge in [0.15, 0.2) is 0 Å². The third-order valence-electron chi connectivity index (χ3n) is 2.70. The molecule has 0 bridgehead atoms. The van der Waals surface area contributed by atoms with Gasteiger partial charge in [0.1, 0.15) is 5.75 Å². The van der Waals surface area contributed by atoms with Gasteiger partial charge in [-0.25, -0.2) is 0 Å². The quantitative estimate of drug-likeness (QED) is 0.849. The lowest BCUT2D eigenvalue weighted by Gasteiger charge is -2.23. The fraction of sp³-hybridized carbons (Fsp3) is 0.417. The first-order valence-corrected chi connectivity index (χ1v) is 5.92. The van der Waals surface area contributed by atoms with Gasteiger partial charge in [0.05, 0.1) is 18.2 Å². The number of hydrogen-bond acceptors (Lipinski definition) is 3. The molecular weight excluding hydrogens is 242 g/mol. The summed E-state index contributed by atoms with van der Waals surface area (Å²) in [6, 6.07) is 4.46. The molecule has 1 unspecified atom stereocenters. The monoisotopic (exact) mass is 255 g/mol. The molecule has 0 aromatic heterocycles. The zero-order chi connectivity index (χ0) is 12.3. The van der Waals surface area contributed by atoms with Crippen LogP contribution in [0.3, 0.4) is 0 Å². The average molecular weight is 256 g/mol. The number of carbonyl (C=O) groups is 1. The number of phenols is 1. The second-order valence-electron chi connectivity index (χ2n) is 4.05. The molecule has 0 saturated carbocycles. The van der Waals surface area contributed by atoms with Gasteiger partial charge in [-0.05, 0) is 31.0 Å². The summed E-state index contributed by atoms with van der Waals surface area (Å²) in [7, 11) is 0. The first-order valence-electron chi connectivity index (χ1n) is 5.54. The molecule has 1 amide bonds. The Balaban J connectivity index is 2.03. The van der Waals surface area contributed by atoms with Gasteiger partial charge in [0, 0.05) is 11.6 Å². The maximum atomic E-state index is 11.9. The van der Waals surface area contributed by atoms with E-state index in [4.69, 9.17) is 16.3 Å². The lowest BCUT2D eigenvalue weighted by Crippen LogP contribution is -2.40. The molecule has 5 heteroatoms. The number of halogens is 1. The Bertz CT molecular complexity index is 416. The Kier molecular flexibility index (Phi) is 3.86. The van der Waals surface area contributed by atoms with Gasteiger partial charge in [0.25, 0.3) is 5.91 Å². The van der Waals surface area contributed by atoms with Crippen LogP contribution in [0.5, 0.6) is 5.75 Å². The Labute approximate surface area is 105 Å². The van der Waals surface area contributed by atoms with Gasteiger partial charge in [-0.1, -0.05) is 11.6 Å². The molecular formula is C12H14ClNO3. The van der Waals surface area contributed by atoms with E-state index in [0.717, 1.165) is 19.4 Å². The highest BCUT2D eigenvalue weighted by molar-refractivity contribution is 6.30. The predicted octanol–water partition coefficient (Wildman–Crippen LogP) is 1.95. The lowest BCUT2D eigenvalue weighted by molar-refractivity contribution is 0.0623. The minimum atomic E-state index is -0.297. The Morgan fingerprint density at radius 2 is 2.35 bits per heavy atom. The number of hydrogen-bond donors (Lipinski definition) is 2. The van der Waals surface area contributed by atoms with Gasteiger partial charge in [-0.3, -0.25) is 4.79 Å². The summed E-state index contributed by atoms with van der Waals surface area (Å²) in [4.78, 5) is 11.9. The van der Waals surface area contributed by atoms with E-state index in [1.807, 2.05) is 0 Å². The molecule has 2 N–H and O–H groups in total. The highest BCUT2D eigenvalue weighted by Gasteiger charge is 2.18. The number of nitrogens with one attached hydrogen (secondary N) is 1. The van der Waals surface area contributed by atoms with E-state index in [9.17, 15) is 9.90 Å². The zero-order valence-corrected chi connectivity index (χ0v) is 10.0. The molecule has 17 heavy (non-hydrogen) atoms. The van der Waals surface area contributed by atoms with Gasteiger partial charge in [-0.2, -0.15) is 0 Å². The number of carbonyl (C=O) groups excluding carboxylic acids is 1. The highest BCUT2D eigenvalue weighted by Crippen LogP contribution is 2.22. The third kappa shape index (κ3) is 3.11. The van der Waals surface area contributed by atoms with Crippen molar-refractivity contribution in [2.45, 2.75) is 18.9 Å². The summed E-state index contributed by atoms with van der Waals surface area (Å²) in [5, 5.41) is 12.8. The minimum absolute atomic E-state index is 0.0197. The van der Waals surface area contributed by atoms with E-state index in [1.165, 1.54) is 12.1 Å². The Morgan fingerprint density at radius 3 is 3.00 bits per heavy atom. The molecule has 0 aliphatic carbocycles. The van der Waals surface area contributed by atoms with E-state index < -0.39 is 0 Å². The van der Waals surface area contributed by atoms with Crippen LogP contribution in [0.4, 0.5) is 0 Å². The van der Waals surface area contributed by atoms with Crippen LogP contribution in [0.2, 0.25) is 5.02 Å². The van der Waals surface area contributed by atoms with Gasteiger partial charge >= 0.3 is 0 Å². The van der Waals surface area contributed by atoms with Crippen LogP contribution in [0.25, 0.3) is 0 Å². The summed E-state index contributed by atoms with van der Waals surface area (Å²) in [5.41, 5.74) is 0.236. The molecule has 92 valence electrons. The highest BCUT2D eigenvalue weighted by atomic mass is 35.5. The third-order valence-corrected chi connectivity index (χ3v) is 2.94. The van der Waals surface area contributed by atoms with Crippen molar-refractivity contribution in [1.82, 2.24) is 5.32 Å². The van der Waals surface area contributed by atoms with Crippen molar-refractivity contribution in [3.63, 3.8) is 0 Å². The molecule has 1 aromatic carbocycles. The normalized spacial score (nSPS) is 19.9. The number of rotatable bonds is 2. The van der Waals surface area contributed by atoms with Crippen LogP contribution >= 0.6 is 11.6 Å². The first kappa shape index (κ1) is 12.2. The van der Waals surface area contributed by atoms with E-state index in [2.05, 4.69) is 5.32 Å². The molecule has 1 aliphatic heterocycles. The predicted molar refractivity (Wildman–Crippen MR) is 64.4 cm³/mol. The Hall–Kier alpha value is -1.26. The van der Waals surface area contributed by atoms with Gasteiger partial charge in [-0.15, -0.1) is 0 Å². The molecule has 1 atom stereocenters. The van der Waals surface area contributed by atoms with Crippen LogP contribution < -0.4 is 5.32 Å². The van der Waals surface area contributed by atoms with Gasteiger partial charge < -0.3 is 15.2 Å². The molecule has 1 heterocycles. The first-order chi connectivity index (χ1) is 8.16.